The average molecular weight is 550 g/mol. The number of Topliss-reactive ketones (excluding diaryl/α,β-unsaturated/α-hetero) is 2. The van der Waals surface area contributed by atoms with E-state index >= 15 is 0 Å². The van der Waals surface area contributed by atoms with Gasteiger partial charge in [-0.15, -0.1) is 0 Å². The van der Waals surface area contributed by atoms with Crippen molar-refractivity contribution < 1.29 is 23.2 Å². The molecular formula is C33H31N3O5. The first-order valence-corrected chi connectivity index (χ1v) is 13.3. The Morgan fingerprint density at radius 2 is 1.07 bits per heavy atom. The number of aryl methyl sites for hydroxylation is 4. The predicted molar refractivity (Wildman–Crippen MR) is 157 cm³/mol. The van der Waals surface area contributed by atoms with Crippen molar-refractivity contribution in [1.82, 2.24) is 9.97 Å². The van der Waals surface area contributed by atoms with Crippen LogP contribution in [0.1, 0.15) is 43.6 Å². The summed E-state index contributed by atoms with van der Waals surface area (Å²) in [6.45, 7) is 7.23. The minimum atomic E-state index is -0.273. The fourth-order valence-corrected chi connectivity index (χ4v) is 4.48. The van der Waals surface area contributed by atoms with E-state index < -0.39 is 0 Å². The quantitative estimate of drug-likeness (QED) is 0.175. The summed E-state index contributed by atoms with van der Waals surface area (Å²) in [5.41, 5.74) is 4.92. The van der Waals surface area contributed by atoms with E-state index in [-0.39, 0.29) is 36.0 Å². The number of hydrogen-bond acceptors (Lipinski definition) is 8. The second kappa shape index (κ2) is 11.6. The summed E-state index contributed by atoms with van der Waals surface area (Å²) in [5, 5.41) is 0. The fraction of sp³-hybridized carbons (Fsp3) is 0.212. The zero-order valence-electron chi connectivity index (χ0n) is 23.7. The van der Waals surface area contributed by atoms with Gasteiger partial charge in [-0.05, 0) is 76.2 Å². The molecular weight excluding hydrogens is 518 g/mol. The van der Waals surface area contributed by atoms with Gasteiger partial charge in [-0.1, -0.05) is 35.4 Å². The van der Waals surface area contributed by atoms with Crippen LogP contribution in [0.25, 0.3) is 22.9 Å². The third-order valence-electron chi connectivity index (χ3n) is 6.82. The molecule has 2 aromatic heterocycles. The predicted octanol–water partition coefficient (Wildman–Crippen LogP) is 6.81. The molecule has 0 aliphatic rings. The number of anilines is 1. The van der Waals surface area contributed by atoms with Gasteiger partial charge >= 0.3 is 0 Å². The van der Waals surface area contributed by atoms with E-state index in [1.54, 1.807) is 50.1 Å². The van der Waals surface area contributed by atoms with Crippen molar-refractivity contribution in [3.63, 3.8) is 0 Å². The van der Waals surface area contributed by atoms with Crippen molar-refractivity contribution in [3.05, 3.63) is 107 Å². The van der Waals surface area contributed by atoms with Gasteiger partial charge in [0.05, 0.1) is 20.2 Å². The highest BCUT2D eigenvalue weighted by Gasteiger charge is 2.25. The Labute approximate surface area is 238 Å². The van der Waals surface area contributed by atoms with E-state index in [0.717, 1.165) is 22.3 Å². The average Bonchev–Trinajstić information content (AvgIpc) is 3.56. The molecule has 0 atom stereocenters. The smallest absolute Gasteiger partial charge is 0.226 e. The van der Waals surface area contributed by atoms with Gasteiger partial charge in [0.25, 0.3) is 0 Å². The third kappa shape index (κ3) is 6.11. The Bertz CT molecular complexity index is 1580. The van der Waals surface area contributed by atoms with Crippen molar-refractivity contribution in [1.29, 1.82) is 0 Å². The molecule has 0 saturated carbocycles. The normalized spacial score (nSPS) is 11.0. The molecule has 2 heterocycles. The van der Waals surface area contributed by atoms with Crippen LogP contribution in [0.4, 0.5) is 5.69 Å². The lowest BCUT2D eigenvalue weighted by molar-refractivity contribution is 0.0978. The molecule has 0 N–H and O–H groups in total. The van der Waals surface area contributed by atoms with E-state index in [1.807, 2.05) is 62.4 Å². The van der Waals surface area contributed by atoms with Crippen molar-refractivity contribution in [3.8, 4) is 28.7 Å². The van der Waals surface area contributed by atoms with Crippen LogP contribution in [-0.2, 0) is 0 Å². The number of methoxy groups -OCH3 is 1. The first-order chi connectivity index (χ1) is 19.7. The number of ketones is 2. The zero-order chi connectivity index (χ0) is 29.1. The van der Waals surface area contributed by atoms with Gasteiger partial charge in [-0.2, -0.15) is 0 Å². The van der Waals surface area contributed by atoms with Crippen LogP contribution in [0.3, 0.4) is 0 Å². The first-order valence-electron chi connectivity index (χ1n) is 13.3. The van der Waals surface area contributed by atoms with Gasteiger partial charge in [-0.3, -0.25) is 9.59 Å². The molecule has 0 saturated heterocycles. The van der Waals surface area contributed by atoms with Crippen LogP contribution in [0.15, 0.2) is 81.6 Å². The minimum absolute atomic E-state index is 0.0967. The summed E-state index contributed by atoms with van der Waals surface area (Å²) in [5.74, 6) is 1.70. The molecule has 0 amide bonds. The van der Waals surface area contributed by atoms with Gasteiger partial charge in [0, 0.05) is 16.8 Å². The molecule has 0 unspecified atom stereocenters. The Morgan fingerprint density at radius 1 is 0.659 bits per heavy atom. The number of nitrogens with zero attached hydrogens (tertiary/aromatic N) is 3. The minimum Gasteiger partial charge on any atom is -0.497 e. The van der Waals surface area contributed by atoms with Gasteiger partial charge < -0.3 is 18.5 Å². The molecule has 0 bridgehead atoms. The van der Waals surface area contributed by atoms with Crippen molar-refractivity contribution in [2.24, 2.45) is 0 Å². The first kappa shape index (κ1) is 27.6. The molecule has 8 heteroatoms. The Morgan fingerprint density at radius 3 is 1.46 bits per heavy atom. The molecule has 0 aliphatic heterocycles. The monoisotopic (exact) mass is 549 g/mol. The summed E-state index contributed by atoms with van der Waals surface area (Å²) in [6.07, 6.45) is 0. The van der Waals surface area contributed by atoms with Crippen LogP contribution in [0, 0.1) is 27.7 Å². The van der Waals surface area contributed by atoms with Gasteiger partial charge in [0.2, 0.25) is 23.3 Å². The van der Waals surface area contributed by atoms with E-state index in [2.05, 4.69) is 9.97 Å². The summed E-state index contributed by atoms with van der Waals surface area (Å²) in [4.78, 5) is 37.8. The summed E-state index contributed by atoms with van der Waals surface area (Å²) < 4.78 is 17.0. The molecule has 5 rings (SSSR count). The number of benzene rings is 3. The van der Waals surface area contributed by atoms with E-state index in [1.165, 1.54) is 0 Å². The van der Waals surface area contributed by atoms with Crippen LogP contribution in [0.2, 0.25) is 0 Å². The summed E-state index contributed by atoms with van der Waals surface area (Å²) in [7, 11) is 1.58. The number of carbonyl (C=O) groups excluding carboxylic acids is 2. The largest absolute Gasteiger partial charge is 0.497 e. The third-order valence-corrected chi connectivity index (χ3v) is 6.82. The number of ether oxygens (including phenoxy) is 1. The van der Waals surface area contributed by atoms with Crippen LogP contribution in [0.5, 0.6) is 5.75 Å². The maximum atomic E-state index is 13.5. The lowest BCUT2D eigenvalue weighted by atomic mass is 10.1. The van der Waals surface area contributed by atoms with E-state index in [4.69, 9.17) is 13.6 Å². The molecule has 8 nitrogen and oxygen atoms in total. The maximum absolute atomic E-state index is 13.5. The van der Waals surface area contributed by atoms with Crippen LogP contribution >= 0.6 is 0 Å². The molecule has 41 heavy (non-hydrogen) atoms. The molecule has 208 valence electrons. The highest BCUT2D eigenvalue weighted by molar-refractivity contribution is 6.02. The molecule has 0 radical (unpaired) electrons. The molecule has 5 aromatic rings. The zero-order valence-corrected chi connectivity index (χ0v) is 23.7. The SMILES string of the molecule is COc1ccc(N(CC(=O)c2nc(-c3ccc(C)cc3)oc2C)CC(=O)c2nc(-c3ccc(C)cc3)oc2C)cc1. The molecule has 0 aliphatic carbocycles. The van der Waals surface area contributed by atoms with E-state index in [9.17, 15) is 9.59 Å². The molecule has 3 aromatic carbocycles. The fourth-order valence-electron chi connectivity index (χ4n) is 4.48. The van der Waals surface area contributed by atoms with Crippen LogP contribution in [-0.4, -0.2) is 41.7 Å². The lowest BCUT2D eigenvalue weighted by Crippen LogP contribution is -2.35. The maximum Gasteiger partial charge on any atom is 0.226 e. The highest BCUT2D eigenvalue weighted by atomic mass is 16.5. The van der Waals surface area contributed by atoms with Gasteiger partial charge in [-0.25, -0.2) is 9.97 Å². The Hall–Kier alpha value is -4.98. The summed E-state index contributed by atoms with van der Waals surface area (Å²) >= 11 is 0. The van der Waals surface area contributed by atoms with Crippen molar-refractivity contribution in [2.75, 3.05) is 25.1 Å². The number of rotatable bonds is 10. The summed E-state index contributed by atoms with van der Waals surface area (Å²) in [6, 6.07) is 22.6. The second-order valence-corrected chi connectivity index (χ2v) is 9.98. The number of aromatic nitrogens is 2. The standard InChI is InChI=1S/C33H31N3O5/c1-20-6-10-24(11-7-20)32-34-30(22(3)40-32)28(37)18-36(26-14-16-27(39-5)17-15-26)19-29(38)31-23(4)41-33(35-31)25-12-8-21(2)9-13-25/h6-17H,18-19H2,1-5H3. The Kier molecular flexibility index (Phi) is 7.83. The number of hydrogen-bond donors (Lipinski definition) is 0. The number of carbonyl (C=O) groups is 2. The molecule has 0 fully saturated rings. The topological polar surface area (TPSA) is 98.7 Å². The van der Waals surface area contributed by atoms with Gasteiger partial charge in [0.1, 0.15) is 28.7 Å². The second-order valence-electron chi connectivity index (χ2n) is 9.98. The Balaban J connectivity index is 1.41. The molecule has 0 spiro atoms. The van der Waals surface area contributed by atoms with Crippen molar-refractivity contribution in [2.45, 2.75) is 27.7 Å². The lowest BCUT2D eigenvalue weighted by Gasteiger charge is -2.23. The van der Waals surface area contributed by atoms with Crippen molar-refractivity contribution >= 4 is 17.3 Å². The van der Waals surface area contributed by atoms with Crippen LogP contribution < -0.4 is 9.64 Å². The number of oxazole rings is 2. The van der Waals surface area contributed by atoms with Gasteiger partial charge in [0.15, 0.2) is 0 Å². The highest BCUT2D eigenvalue weighted by Crippen LogP contribution is 2.26. The van der Waals surface area contributed by atoms with E-state index in [0.29, 0.717) is 34.7 Å².